The van der Waals surface area contributed by atoms with Crippen LogP contribution in [0.3, 0.4) is 0 Å². The first-order valence-corrected chi connectivity index (χ1v) is 11.8. The number of carbonyl (C=O) groups is 1. The quantitative estimate of drug-likeness (QED) is 0.773. The molecule has 144 valence electrons. The molecule has 1 aliphatic rings. The van der Waals surface area contributed by atoms with Crippen LogP contribution >= 0.6 is 34.3 Å². The first kappa shape index (κ1) is 20.3. The van der Waals surface area contributed by atoms with Gasteiger partial charge in [-0.3, -0.25) is 4.79 Å². The number of rotatable bonds is 4. The second-order valence-electron chi connectivity index (χ2n) is 6.35. The van der Waals surface area contributed by atoms with E-state index in [9.17, 15) is 18.5 Å². The van der Waals surface area contributed by atoms with Gasteiger partial charge in [0.25, 0.3) is 10.0 Å². The number of nitriles is 1. The molecule has 1 unspecified atom stereocenters. The van der Waals surface area contributed by atoms with Crippen molar-refractivity contribution in [2.75, 3.05) is 18.4 Å². The zero-order valence-electron chi connectivity index (χ0n) is 14.8. The normalized spacial score (nSPS) is 18.2. The number of nitrogens with zero attached hydrogens (tertiary/aromatic N) is 2. The summed E-state index contributed by atoms with van der Waals surface area (Å²) in [7, 11) is -3.66. The van der Waals surface area contributed by atoms with Gasteiger partial charge >= 0.3 is 0 Å². The minimum Gasteiger partial charge on any atom is -0.316 e. The highest BCUT2D eigenvalue weighted by molar-refractivity contribution is 7.91. The molecule has 2 aromatic rings. The third kappa shape index (κ3) is 4.05. The zero-order chi connectivity index (χ0) is 19.8. The molecule has 1 saturated heterocycles. The van der Waals surface area contributed by atoms with Crippen molar-refractivity contribution in [3.05, 3.63) is 32.5 Å². The molecule has 2 aromatic heterocycles. The van der Waals surface area contributed by atoms with Crippen LogP contribution in [0.15, 0.2) is 16.3 Å². The third-order valence-corrected chi connectivity index (χ3v) is 9.32. The summed E-state index contributed by atoms with van der Waals surface area (Å²) in [6, 6.07) is 5.17. The van der Waals surface area contributed by atoms with Crippen LogP contribution < -0.4 is 5.32 Å². The Bertz CT molecular complexity index is 1020. The van der Waals surface area contributed by atoms with E-state index in [1.807, 2.05) is 13.8 Å². The van der Waals surface area contributed by atoms with Crippen molar-refractivity contribution in [3.8, 4) is 6.07 Å². The molecule has 0 aliphatic carbocycles. The SMILES string of the molecule is Cc1sc(NC(=O)C2CCCN(S(=O)(=O)c3ccc(Cl)s3)C2)c(C#N)c1C. The van der Waals surface area contributed by atoms with Crippen molar-refractivity contribution in [2.45, 2.75) is 30.9 Å². The van der Waals surface area contributed by atoms with Crippen LogP contribution in [0.2, 0.25) is 4.34 Å². The molecular formula is C17H18ClN3O3S3. The van der Waals surface area contributed by atoms with Gasteiger partial charge < -0.3 is 5.32 Å². The maximum absolute atomic E-state index is 12.8. The lowest BCUT2D eigenvalue weighted by atomic mass is 9.99. The molecule has 1 atom stereocenters. The smallest absolute Gasteiger partial charge is 0.252 e. The van der Waals surface area contributed by atoms with E-state index in [2.05, 4.69) is 11.4 Å². The first-order valence-electron chi connectivity index (χ1n) is 8.30. The molecule has 1 fully saturated rings. The fourth-order valence-electron chi connectivity index (χ4n) is 3.00. The number of halogens is 1. The number of hydrogen-bond donors (Lipinski definition) is 1. The Balaban J connectivity index is 1.76. The Kier molecular flexibility index (Phi) is 5.93. The van der Waals surface area contributed by atoms with Gasteiger partial charge in [-0.15, -0.1) is 22.7 Å². The maximum Gasteiger partial charge on any atom is 0.252 e. The Morgan fingerprint density at radius 2 is 2.11 bits per heavy atom. The lowest BCUT2D eigenvalue weighted by molar-refractivity contribution is -0.120. The van der Waals surface area contributed by atoms with E-state index in [4.69, 9.17) is 11.6 Å². The number of hydrogen-bond acceptors (Lipinski definition) is 6. The second kappa shape index (κ2) is 7.89. The Labute approximate surface area is 171 Å². The standard InChI is InChI=1S/C17H18ClN3O3S3/c1-10-11(2)25-17(13(10)8-19)20-16(22)12-4-3-7-21(9-12)27(23,24)15-6-5-14(18)26-15/h5-6,12H,3-4,7,9H2,1-2H3,(H,20,22). The Morgan fingerprint density at radius 1 is 1.37 bits per heavy atom. The number of thiophene rings is 2. The minimum absolute atomic E-state index is 0.120. The topological polar surface area (TPSA) is 90.3 Å². The van der Waals surface area contributed by atoms with Gasteiger partial charge in [-0.1, -0.05) is 11.6 Å². The van der Waals surface area contributed by atoms with Crippen LogP contribution in [0.5, 0.6) is 0 Å². The maximum atomic E-state index is 12.8. The molecule has 6 nitrogen and oxygen atoms in total. The molecule has 0 saturated carbocycles. The van der Waals surface area contributed by atoms with Gasteiger partial charge in [-0.2, -0.15) is 9.57 Å². The average Bonchev–Trinajstić information content (AvgIpc) is 3.19. The lowest BCUT2D eigenvalue weighted by Gasteiger charge is -2.30. The number of amides is 1. The second-order valence-corrected chi connectivity index (χ2v) is 11.5. The van der Waals surface area contributed by atoms with Gasteiger partial charge in [0.1, 0.15) is 15.3 Å². The van der Waals surface area contributed by atoms with E-state index in [-0.39, 0.29) is 16.7 Å². The highest BCUT2D eigenvalue weighted by atomic mass is 35.5. The van der Waals surface area contributed by atoms with E-state index in [1.54, 1.807) is 6.07 Å². The summed E-state index contributed by atoms with van der Waals surface area (Å²) in [6.45, 7) is 4.25. The molecule has 3 rings (SSSR count). The number of aryl methyl sites for hydroxylation is 1. The van der Waals surface area contributed by atoms with E-state index in [1.165, 1.54) is 21.7 Å². The van der Waals surface area contributed by atoms with Crippen molar-refractivity contribution in [1.82, 2.24) is 4.31 Å². The number of carbonyl (C=O) groups excluding carboxylic acids is 1. The van der Waals surface area contributed by atoms with Crippen molar-refractivity contribution >= 4 is 55.2 Å². The average molecular weight is 444 g/mol. The molecular weight excluding hydrogens is 426 g/mol. The van der Waals surface area contributed by atoms with Crippen molar-refractivity contribution < 1.29 is 13.2 Å². The van der Waals surface area contributed by atoms with Crippen LogP contribution in [0.4, 0.5) is 5.00 Å². The van der Waals surface area contributed by atoms with Crippen LogP contribution in [0.25, 0.3) is 0 Å². The summed E-state index contributed by atoms with van der Waals surface area (Å²) in [5.41, 5.74) is 1.33. The van der Waals surface area contributed by atoms with Gasteiger partial charge in [0.2, 0.25) is 5.91 Å². The number of sulfonamides is 1. The first-order chi connectivity index (χ1) is 12.7. The summed E-state index contributed by atoms with van der Waals surface area (Å²) >= 11 is 8.24. The highest BCUT2D eigenvalue weighted by Crippen LogP contribution is 2.34. The van der Waals surface area contributed by atoms with Crippen molar-refractivity contribution in [3.63, 3.8) is 0 Å². The lowest BCUT2D eigenvalue weighted by Crippen LogP contribution is -2.43. The largest absolute Gasteiger partial charge is 0.316 e. The molecule has 10 heteroatoms. The molecule has 1 amide bonds. The van der Waals surface area contributed by atoms with Crippen LogP contribution in [-0.2, 0) is 14.8 Å². The van der Waals surface area contributed by atoms with Crippen molar-refractivity contribution in [1.29, 1.82) is 5.26 Å². The minimum atomic E-state index is -3.66. The summed E-state index contributed by atoms with van der Waals surface area (Å²) in [5.74, 6) is -0.713. The van der Waals surface area contributed by atoms with E-state index >= 15 is 0 Å². The van der Waals surface area contributed by atoms with E-state index < -0.39 is 15.9 Å². The van der Waals surface area contributed by atoms with Gasteiger partial charge in [0.15, 0.2) is 0 Å². The molecule has 0 spiro atoms. The van der Waals surface area contributed by atoms with Crippen molar-refractivity contribution in [2.24, 2.45) is 5.92 Å². The summed E-state index contributed by atoms with van der Waals surface area (Å²) in [5, 5.41) is 12.7. The molecule has 3 heterocycles. The highest BCUT2D eigenvalue weighted by Gasteiger charge is 2.34. The van der Waals surface area contributed by atoms with Crippen LogP contribution in [-0.4, -0.2) is 31.7 Å². The number of piperidine rings is 1. The molecule has 27 heavy (non-hydrogen) atoms. The third-order valence-electron chi connectivity index (χ3n) is 4.63. The monoisotopic (exact) mass is 443 g/mol. The molecule has 1 N–H and O–H groups in total. The van der Waals surface area contributed by atoms with Gasteiger partial charge in [0.05, 0.1) is 15.8 Å². The summed E-state index contributed by atoms with van der Waals surface area (Å²) in [6.07, 6.45) is 1.21. The van der Waals surface area contributed by atoms with Gasteiger partial charge in [0, 0.05) is 18.0 Å². The number of nitrogens with one attached hydrogen (secondary N) is 1. The van der Waals surface area contributed by atoms with E-state index in [0.717, 1.165) is 21.8 Å². The van der Waals surface area contributed by atoms with Gasteiger partial charge in [-0.25, -0.2) is 8.42 Å². The molecule has 0 bridgehead atoms. The molecule has 0 aromatic carbocycles. The fourth-order valence-corrected chi connectivity index (χ4v) is 7.18. The summed E-state index contributed by atoms with van der Waals surface area (Å²) in [4.78, 5) is 13.7. The van der Waals surface area contributed by atoms with E-state index in [0.29, 0.717) is 34.3 Å². The van der Waals surface area contributed by atoms with Crippen LogP contribution in [0.1, 0.15) is 28.8 Å². The Morgan fingerprint density at radius 3 is 2.74 bits per heavy atom. The predicted molar refractivity (Wildman–Crippen MR) is 108 cm³/mol. The molecule has 0 radical (unpaired) electrons. The van der Waals surface area contributed by atoms with Gasteiger partial charge in [-0.05, 0) is 44.4 Å². The fraction of sp³-hybridized carbons (Fsp3) is 0.412. The predicted octanol–water partition coefficient (Wildman–Crippen LogP) is 3.99. The zero-order valence-corrected chi connectivity index (χ0v) is 18.0. The van der Waals surface area contributed by atoms with Crippen LogP contribution in [0, 0.1) is 31.1 Å². The molecule has 1 aliphatic heterocycles. The summed E-state index contributed by atoms with van der Waals surface area (Å²) < 4.78 is 27.5. The Hall–Kier alpha value is -1.44. The number of anilines is 1.